The molecular weight excluding hydrogens is 388 g/mol. The van der Waals surface area contributed by atoms with Crippen LogP contribution in [0.15, 0.2) is 36.4 Å². The second-order valence-electron chi connectivity index (χ2n) is 9.34. The lowest BCUT2D eigenvalue weighted by molar-refractivity contribution is 0.0594. The number of hydrogen-bond acceptors (Lipinski definition) is 6. The highest BCUT2D eigenvalue weighted by molar-refractivity contribution is 6.10. The van der Waals surface area contributed by atoms with E-state index < -0.39 is 5.97 Å². The van der Waals surface area contributed by atoms with Gasteiger partial charge in [-0.1, -0.05) is 37.5 Å². The van der Waals surface area contributed by atoms with Crippen LogP contribution in [0, 0.1) is 16.7 Å². The third-order valence-electron chi connectivity index (χ3n) is 7.27. The lowest BCUT2D eigenvalue weighted by atomic mass is 9.76. The number of nitrogens with one attached hydrogen (secondary N) is 2. The fraction of sp³-hybridized carbons (Fsp3) is 0.480. The molecule has 2 aliphatic carbocycles. The van der Waals surface area contributed by atoms with Crippen molar-refractivity contribution in [3.63, 3.8) is 0 Å². The first-order valence-electron chi connectivity index (χ1n) is 11.4. The van der Waals surface area contributed by atoms with Gasteiger partial charge in [0.05, 0.1) is 18.4 Å². The highest BCUT2D eigenvalue weighted by Crippen LogP contribution is 2.49. The molecule has 1 spiro atoms. The number of aromatic nitrogens is 1. The van der Waals surface area contributed by atoms with Gasteiger partial charge in [0, 0.05) is 35.8 Å². The van der Waals surface area contributed by atoms with Gasteiger partial charge in [-0.05, 0) is 43.9 Å². The van der Waals surface area contributed by atoms with Crippen LogP contribution in [0.2, 0.25) is 0 Å². The van der Waals surface area contributed by atoms with Crippen molar-refractivity contribution in [2.24, 2.45) is 11.3 Å². The van der Waals surface area contributed by atoms with Gasteiger partial charge in [-0.25, -0.2) is 9.78 Å². The largest absolute Gasteiger partial charge is 0.464 e. The van der Waals surface area contributed by atoms with Crippen molar-refractivity contribution in [2.75, 3.05) is 30.4 Å². The third kappa shape index (κ3) is 3.68. The van der Waals surface area contributed by atoms with Gasteiger partial charge in [0.2, 0.25) is 0 Å². The number of ether oxygens (including phenoxy) is 1. The summed E-state index contributed by atoms with van der Waals surface area (Å²) in [5.41, 5.74) is 4.01. The predicted molar refractivity (Wildman–Crippen MR) is 123 cm³/mol. The van der Waals surface area contributed by atoms with Crippen LogP contribution >= 0.6 is 0 Å². The molecule has 162 valence electrons. The van der Waals surface area contributed by atoms with E-state index >= 15 is 0 Å². The van der Waals surface area contributed by atoms with Crippen LogP contribution < -0.4 is 10.2 Å². The van der Waals surface area contributed by atoms with Crippen molar-refractivity contribution in [1.29, 1.82) is 5.41 Å². The van der Waals surface area contributed by atoms with Crippen molar-refractivity contribution < 1.29 is 9.53 Å². The average molecular weight is 419 g/mol. The number of rotatable bonds is 6. The van der Waals surface area contributed by atoms with E-state index in [4.69, 9.17) is 10.1 Å². The molecule has 2 heterocycles. The Labute approximate surface area is 183 Å². The Kier molecular flexibility index (Phi) is 5.16. The average Bonchev–Trinajstić information content (AvgIpc) is 3.21. The zero-order chi connectivity index (χ0) is 21.4. The maximum Gasteiger partial charge on any atom is 0.356 e. The third-order valence-corrected chi connectivity index (χ3v) is 7.27. The van der Waals surface area contributed by atoms with Crippen LogP contribution in [0.4, 0.5) is 17.2 Å². The van der Waals surface area contributed by atoms with Crippen molar-refractivity contribution in [1.82, 2.24) is 4.98 Å². The first-order valence-corrected chi connectivity index (χ1v) is 11.4. The second-order valence-corrected chi connectivity index (χ2v) is 9.34. The zero-order valence-corrected chi connectivity index (χ0v) is 18.1. The second kappa shape index (κ2) is 7.98. The fourth-order valence-corrected chi connectivity index (χ4v) is 5.28. The van der Waals surface area contributed by atoms with Gasteiger partial charge in [-0.2, -0.15) is 0 Å². The number of carbonyl (C=O) groups is 1. The molecule has 0 radical (unpaired) electrons. The number of nitrogens with zero attached hydrogens (tertiary/aromatic N) is 2. The van der Waals surface area contributed by atoms with Crippen molar-refractivity contribution in [3.05, 3.63) is 47.7 Å². The van der Waals surface area contributed by atoms with E-state index in [1.807, 2.05) is 36.4 Å². The minimum absolute atomic E-state index is 0.266. The molecular formula is C25H30N4O2. The van der Waals surface area contributed by atoms with Crippen LogP contribution in [0.25, 0.3) is 0 Å². The molecule has 1 aliphatic heterocycles. The Morgan fingerprint density at radius 3 is 2.48 bits per heavy atom. The van der Waals surface area contributed by atoms with Gasteiger partial charge < -0.3 is 20.4 Å². The molecule has 6 heteroatoms. The number of pyridine rings is 1. The summed E-state index contributed by atoms with van der Waals surface area (Å²) < 4.78 is 5.00. The quantitative estimate of drug-likeness (QED) is 0.500. The smallest absolute Gasteiger partial charge is 0.356 e. The zero-order valence-electron chi connectivity index (χ0n) is 18.1. The molecule has 2 saturated carbocycles. The summed E-state index contributed by atoms with van der Waals surface area (Å²) in [5, 5.41) is 12.4. The van der Waals surface area contributed by atoms with Crippen LogP contribution in [0.1, 0.15) is 61.0 Å². The van der Waals surface area contributed by atoms with Crippen LogP contribution in [-0.2, 0) is 4.74 Å². The normalized spacial score (nSPS) is 19.6. The summed E-state index contributed by atoms with van der Waals surface area (Å²) in [6.45, 7) is 1.99. The molecule has 6 nitrogen and oxygen atoms in total. The Balaban J connectivity index is 1.58. The molecule has 3 fully saturated rings. The molecule has 0 bridgehead atoms. The molecule has 2 aromatic rings. The molecule has 1 aromatic carbocycles. The summed E-state index contributed by atoms with van der Waals surface area (Å²) in [6.07, 6.45) is 8.44. The lowest BCUT2D eigenvalue weighted by Crippen LogP contribution is -2.55. The predicted octanol–water partition coefficient (Wildman–Crippen LogP) is 5.16. The van der Waals surface area contributed by atoms with E-state index in [9.17, 15) is 4.79 Å². The van der Waals surface area contributed by atoms with Gasteiger partial charge in [0.15, 0.2) is 5.69 Å². The van der Waals surface area contributed by atoms with Gasteiger partial charge in [0.1, 0.15) is 5.82 Å². The number of anilines is 3. The standard InChI is InChI=1S/C25H30N4O2/c1-31-24(30)19-14-20(29-15-25(16-29)12-5-6-13-25)21(22(26)17-8-7-9-17)23(28-19)27-18-10-3-2-4-11-18/h2-4,10-11,14,17,26H,5-9,12-13,15-16H2,1H3,(H,27,28). The van der Waals surface area contributed by atoms with E-state index in [1.165, 1.54) is 39.2 Å². The number of carbonyl (C=O) groups excluding carboxylic acids is 1. The Morgan fingerprint density at radius 1 is 1.16 bits per heavy atom. The van der Waals surface area contributed by atoms with E-state index in [1.54, 1.807) is 0 Å². The molecule has 1 saturated heterocycles. The lowest BCUT2D eigenvalue weighted by Gasteiger charge is -2.50. The van der Waals surface area contributed by atoms with Crippen molar-refractivity contribution >= 4 is 28.9 Å². The summed E-state index contributed by atoms with van der Waals surface area (Å²) in [5.74, 6) is 0.395. The minimum atomic E-state index is -0.449. The Morgan fingerprint density at radius 2 is 1.87 bits per heavy atom. The Bertz CT molecular complexity index is 986. The van der Waals surface area contributed by atoms with Gasteiger partial charge in [-0.15, -0.1) is 0 Å². The molecule has 31 heavy (non-hydrogen) atoms. The van der Waals surface area contributed by atoms with Crippen molar-refractivity contribution in [2.45, 2.75) is 44.9 Å². The van der Waals surface area contributed by atoms with Crippen LogP contribution in [0.3, 0.4) is 0 Å². The number of methoxy groups -OCH3 is 1. The van der Waals surface area contributed by atoms with Gasteiger partial charge in [0.25, 0.3) is 0 Å². The number of esters is 1. The molecule has 3 aliphatic rings. The maximum absolute atomic E-state index is 12.4. The van der Waals surface area contributed by atoms with E-state index in [0.29, 0.717) is 16.9 Å². The van der Waals surface area contributed by atoms with Gasteiger partial charge in [-0.3, -0.25) is 0 Å². The fourth-order valence-electron chi connectivity index (χ4n) is 5.28. The minimum Gasteiger partial charge on any atom is -0.464 e. The molecule has 0 atom stereocenters. The topological polar surface area (TPSA) is 78.3 Å². The van der Waals surface area contributed by atoms with Crippen molar-refractivity contribution in [3.8, 4) is 0 Å². The molecule has 0 amide bonds. The first-order chi connectivity index (χ1) is 15.1. The monoisotopic (exact) mass is 418 g/mol. The summed E-state index contributed by atoms with van der Waals surface area (Å²) in [7, 11) is 1.38. The van der Waals surface area contributed by atoms with Crippen LogP contribution in [0.5, 0.6) is 0 Å². The van der Waals surface area contributed by atoms with E-state index in [0.717, 1.165) is 42.9 Å². The maximum atomic E-state index is 12.4. The van der Waals surface area contributed by atoms with E-state index in [2.05, 4.69) is 15.2 Å². The number of para-hydroxylation sites is 1. The van der Waals surface area contributed by atoms with E-state index in [-0.39, 0.29) is 11.6 Å². The number of benzene rings is 1. The number of hydrogen-bond donors (Lipinski definition) is 2. The summed E-state index contributed by atoms with van der Waals surface area (Å²) in [6, 6.07) is 11.7. The molecule has 5 rings (SSSR count). The summed E-state index contributed by atoms with van der Waals surface area (Å²) in [4.78, 5) is 19.4. The first kappa shape index (κ1) is 20.0. The molecule has 0 unspecified atom stereocenters. The molecule has 1 aromatic heterocycles. The highest BCUT2D eigenvalue weighted by atomic mass is 16.5. The van der Waals surface area contributed by atoms with Crippen LogP contribution in [-0.4, -0.2) is 36.9 Å². The summed E-state index contributed by atoms with van der Waals surface area (Å²) >= 11 is 0. The SMILES string of the molecule is COC(=O)c1cc(N2CC3(CCCC3)C2)c(C(=N)C2CCC2)c(Nc2ccccc2)n1. The van der Waals surface area contributed by atoms with Gasteiger partial charge >= 0.3 is 5.97 Å². The Hall–Kier alpha value is -2.89. The molecule has 2 N–H and O–H groups in total. The highest BCUT2D eigenvalue weighted by Gasteiger charge is 2.46.